The SMILES string of the molecule is COc1ccc(Cn2ccc3cc(NC4CCC(NC(=O)O)CC4)c(Cl)cc3c2=O)cc1. The molecule has 3 aromatic rings. The number of nitrogens with zero attached hydrogens (tertiary/aromatic N) is 1. The molecule has 0 aliphatic heterocycles. The summed E-state index contributed by atoms with van der Waals surface area (Å²) in [6, 6.07) is 13.4. The first-order valence-corrected chi connectivity index (χ1v) is 11.0. The lowest BCUT2D eigenvalue weighted by molar-refractivity contribution is 0.185. The largest absolute Gasteiger partial charge is 0.497 e. The van der Waals surface area contributed by atoms with Gasteiger partial charge in [-0.1, -0.05) is 23.7 Å². The number of benzene rings is 2. The fraction of sp³-hybridized carbons (Fsp3) is 0.333. The second kappa shape index (κ2) is 9.53. The molecule has 1 saturated carbocycles. The molecule has 3 N–H and O–H groups in total. The van der Waals surface area contributed by atoms with Crippen LogP contribution in [0.3, 0.4) is 0 Å². The van der Waals surface area contributed by atoms with Gasteiger partial charge in [0.2, 0.25) is 0 Å². The van der Waals surface area contributed by atoms with Crippen molar-refractivity contribution in [2.24, 2.45) is 0 Å². The van der Waals surface area contributed by atoms with Crippen LogP contribution >= 0.6 is 11.6 Å². The van der Waals surface area contributed by atoms with Crippen LogP contribution in [0.15, 0.2) is 53.5 Å². The normalized spacial score (nSPS) is 18.3. The van der Waals surface area contributed by atoms with Gasteiger partial charge in [-0.3, -0.25) is 4.79 Å². The van der Waals surface area contributed by atoms with Gasteiger partial charge in [0.25, 0.3) is 5.56 Å². The smallest absolute Gasteiger partial charge is 0.404 e. The monoisotopic (exact) mass is 455 g/mol. The van der Waals surface area contributed by atoms with Crippen molar-refractivity contribution in [3.8, 4) is 5.75 Å². The van der Waals surface area contributed by atoms with E-state index in [1.54, 1.807) is 23.9 Å². The first-order valence-electron chi connectivity index (χ1n) is 10.6. The number of rotatable bonds is 6. The molecular formula is C24H26ClN3O4. The molecule has 1 aliphatic carbocycles. The Morgan fingerprint density at radius 2 is 1.81 bits per heavy atom. The number of carbonyl (C=O) groups is 1. The summed E-state index contributed by atoms with van der Waals surface area (Å²) >= 11 is 6.52. The topological polar surface area (TPSA) is 92.6 Å². The van der Waals surface area contributed by atoms with Crippen LogP contribution in [0, 0.1) is 0 Å². The van der Waals surface area contributed by atoms with Gasteiger partial charge in [0, 0.05) is 23.7 Å². The van der Waals surface area contributed by atoms with Crippen LogP contribution in [0.1, 0.15) is 31.2 Å². The summed E-state index contributed by atoms with van der Waals surface area (Å²) < 4.78 is 6.86. The van der Waals surface area contributed by atoms with Gasteiger partial charge in [0.15, 0.2) is 0 Å². The van der Waals surface area contributed by atoms with Crippen molar-refractivity contribution in [1.82, 2.24) is 9.88 Å². The number of aromatic nitrogens is 1. The van der Waals surface area contributed by atoms with E-state index >= 15 is 0 Å². The molecule has 1 heterocycles. The van der Waals surface area contributed by atoms with Crippen LogP contribution < -0.4 is 20.9 Å². The number of fused-ring (bicyclic) bond motifs is 1. The van der Waals surface area contributed by atoms with Crippen molar-refractivity contribution in [1.29, 1.82) is 0 Å². The Hall–Kier alpha value is -3.19. The quantitative estimate of drug-likeness (QED) is 0.501. The molecule has 1 aromatic heterocycles. The second-order valence-corrected chi connectivity index (χ2v) is 8.57. The van der Waals surface area contributed by atoms with Crippen molar-refractivity contribution >= 4 is 34.2 Å². The highest BCUT2D eigenvalue weighted by Gasteiger charge is 2.23. The number of methoxy groups -OCH3 is 1. The summed E-state index contributed by atoms with van der Waals surface area (Å²) in [5.41, 5.74) is 1.71. The van der Waals surface area contributed by atoms with Crippen LogP contribution in [0.2, 0.25) is 5.02 Å². The molecule has 2 aromatic carbocycles. The van der Waals surface area contributed by atoms with Crippen LogP contribution in [-0.4, -0.2) is 35.0 Å². The third kappa shape index (κ3) is 4.99. The van der Waals surface area contributed by atoms with Crippen molar-refractivity contribution in [3.63, 3.8) is 0 Å². The van der Waals surface area contributed by atoms with Crippen molar-refractivity contribution in [2.45, 2.75) is 44.3 Å². The van der Waals surface area contributed by atoms with Crippen LogP contribution in [0.4, 0.5) is 10.5 Å². The average molecular weight is 456 g/mol. The van der Waals surface area contributed by atoms with E-state index in [-0.39, 0.29) is 17.6 Å². The van der Waals surface area contributed by atoms with Crippen LogP contribution in [0.5, 0.6) is 5.75 Å². The number of halogens is 1. The van der Waals surface area contributed by atoms with Gasteiger partial charge in [-0.15, -0.1) is 0 Å². The van der Waals surface area contributed by atoms with Gasteiger partial charge < -0.3 is 25.0 Å². The van der Waals surface area contributed by atoms with E-state index in [4.69, 9.17) is 21.4 Å². The first kappa shape index (κ1) is 22.0. The molecule has 0 radical (unpaired) electrons. The van der Waals surface area contributed by atoms with Gasteiger partial charge in [-0.2, -0.15) is 0 Å². The zero-order valence-electron chi connectivity index (χ0n) is 17.8. The Kier molecular flexibility index (Phi) is 6.55. The van der Waals surface area contributed by atoms with Gasteiger partial charge in [0.05, 0.1) is 24.4 Å². The first-order chi connectivity index (χ1) is 15.4. The van der Waals surface area contributed by atoms with E-state index in [2.05, 4.69) is 10.6 Å². The zero-order valence-corrected chi connectivity index (χ0v) is 18.6. The molecule has 1 fully saturated rings. The Morgan fingerprint density at radius 1 is 1.12 bits per heavy atom. The van der Waals surface area contributed by atoms with Crippen molar-refractivity contribution < 1.29 is 14.6 Å². The van der Waals surface area contributed by atoms with Gasteiger partial charge in [0.1, 0.15) is 5.75 Å². The predicted octanol–water partition coefficient (Wildman–Crippen LogP) is 4.70. The fourth-order valence-electron chi connectivity index (χ4n) is 4.25. The maximum absolute atomic E-state index is 13.0. The molecule has 1 aliphatic rings. The van der Waals surface area contributed by atoms with E-state index < -0.39 is 6.09 Å². The molecule has 168 valence electrons. The number of amides is 1. The number of pyridine rings is 1. The zero-order chi connectivity index (χ0) is 22.7. The maximum Gasteiger partial charge on any atom is 0.404 e. The second-order valence-electron chi connectivity index (χ2n) is 8.16. The summed E-state index contributed by atoms with van der Waals surface area (Å²) in [5.74, 6) is 0.776. The molecule has 7 nitrogen and oxygen atoms in total. The van der Waals surface area contributed by atoms with Gasteiger partial charge in [-0.25, -0.2) is 4.79 Å². The van der Waals surface area contributed by atoms with E-state index in [0.29, 0.717) is 17.0 Å². The molecule has 0 spiro atoms. The number of anilines is 1. The molecule has 0 atom stereocenters. The molecule has 0 bridgehead atoms. The lowest BCUT2D eigenvalue weighted by atomic mass is 9.91. The predicted molar refractivity (Wildman–Crippen MR) is 126 cm³/mol. The number of nitrogens with one attached hydrogen (secondary N) is 2. The minimum Gasteiger partial charge on any atom is -0.497 e. The van der Waals surface area contributed by atoms with E-state index in [9.17, 15) is 9.59 Å². The molecule has 8 heteroatoms. The van der Waals surface area contributed by atoms with E-state index in [1.165, 1.54) is 0 Å². The Balaban J connectivity index is 1.49. The Bertz CT molecular complexity index is 1170. The van der Waals surface area contributed by atoms with E-state index in [0.717, 1.165) is 48.1 Å². The van der Waals surface area contributed by atoms with E-state index in [1.807, 2.05) is 36.4 Å². The number of carboxylic acid groups (broad SMARTS) is 1. The summed E-state index contributed by atoms with van der Waals surface area (Å²) in [6.07, 6.45) is 4.09. The number of ether oxygens (including phenoxy) is 1. The van der Waals surface area contributed by atoms with Gasteiger partial charge >= 0.3 is 6.09 Å². The van der Waals surface area contributed by atoms with Crippen molar-refractivity contribution in [3.05, 3.63) is 69.6 Å². The summed E-state index contributed by atoms with van der Waals surface area (Å²) in [5, 5.41) is 16.8. The highest BCUT2D eigenvalue weighted by molar-refractivity contribution is 6.34. The molecule has 0 unspecified atom stereocenters. The average Bonchev–Trinajstić information content (AvgIpc) is 2.78. The summed E-state index contributed by atoms with van der Waals surface area (Å²) in [4.78, 5) is 23.9. The number of hydrogen-bond donors (Lipinski definition) is 3. The third-order valence-corrected chi connectivity index (χ3v) is 6.30. The minimum atomic E-state index is -0.975. The highest BCUT2D eigenvalue weighted by Crippen LogP contribution is 2.30. The minimum absolute atomic E-state index is 0.00166. The molecule has 0 saturated heterocycles. The van der Waals surface area contributed by atoms with Gasteiger partial charge in [-0.05, 0) is 67.0 Å². The third-order valence-electron chi connectivity index (χ3n) is 5.99. The summed E-state index contributed by atoms with van der Waals surface area (Å²) in [6.45, 7) is 0.462. The maximum atomic E-state index is 13.0. The highest BCUT2D eigenvalue weighted by atomic mass is 35.5. The van der Waals surface area contributed by atoms with Crippen LogP contribution in [0.25, 0.3) is 10.8 Å². The summed E-state index contributed by atoms with van der Waals surface area (Å²) in [7, 11) is 1.62. The molecule has 1 amide bonds. The lowest BCUT2D eigenvalue weighted by Crippen LogP contribution is -2.39. The standard InChI is InChI=1S/C24H26ClN3O4/c1-32-19-8-2-15(3-9-19)14-28-11-10-16-12-22(21(25)13-20(16)23(28)29)26-17-4-6-18(7-5-17)27-24(30)31/h2-3,8-13,17-18,26-27H,4-7,14H2,1H3,(H,30,31). The molecule has 32 heavy (non-hydrogen) atoms. The lowest BCUT2D eigenvalue weighted by Gasteiger charge is -2.30. The Morgan fingerprint density at radius 3 is 2.47 bits per heavy atom. The Labute approximate surface area is 191 Å². The molecule has 4 rings (SSSR count). The van der Waals surface area contributed by atoms with Crippen molar-refractivity contribution in [2.75, 3.05) is 12.4 Å². The molecular weight excluding hydrogens is 430 g/mol. The number of hydrogen-bond acceptors (Lipinski definition) is 4. The fourth-order valence-corrected chi connectivity index (χ4v) is 4.46. The van der Waals surface area contributed by atoms with Crippen LogP contribution in [-0.2, 0) is 6.54 Å².